The summed E-state index contributed by atoms with van der Waals surface area (Å²) in [5.74, 6) is -4.66. The Balaban J connectivity index is 1.95. The summed E-state index contributed by atoms with van der Waals surface area (Å²) in [4.78, 5) is 25.3. The van der Waals surface area contributed by atoms with Crippen molar-refractivity contribution >= 4 is 40.8 Å². The zero-order valence-electron chi connectivity index (χ0n) is 21.9. The van der Waals surface area contributed by atoms with E-state index in [1.807, 2.05) is 20.8 Å². The van der Waals surface area contributed by atoms with Gasteiger partial charge in [-0.25, -0.2) is 13.6 Å². The first-order valence-corrected chi connectivity index (χ1v) is 13.2. The molecule has 6 nitrogen and oxygen atoms in total. The number of halogens is 4. The number of nitrogens with zero attached hydrogens (tertiary/aromatic N) is 1. The zero-order chi connectivity index (χ0) is 29.4. The fourth-order valence-electron chi connectivity index (χ4n) is 5.51. The fraction of sp³-hybridized carbons (Fsp3) is 0.300. The van der Waals surface area contributed by atoms with Crippen molar-refractivity contribution in [3.63, 3.8) is 0 Å². The van der Waals surface area contributed by atoms with E-state index < -0.39 is 46.9 Å². The number of hydrogen-bond acceptors (Lipinski definition) is 4. The van der Waals surface area contributed by atoms with Crippen LogP contribution in [-0.4, -0.2) is 29.1 Å². The Bertz CT molecular complexity index is 1520. The molecular formula is C30H27Cl2F2N3O3. The normalized spacial score (nSPS) is 22.5. The second-order valence-corrected chi connectivity index (χ2v) is 11.9. The summed E-state index contributed by atoms with van der Waals surface area (Å²) >= 11 is 12.2. The van der Waals surface area contributed by atoms with E-state index in [2.05, 4.69) is 16.7 Å². The average molecular weight is 586 g/mol. The molecule has 1 aliphatic heterocycles. The van der Waals surface area contributed by atoms with Gasteiger partial charge in [-0.15, -0.1) is 0 Å². The molecule has 0 radical (unpaired) electrons. The molecule has 3 N–H and O–H groups in total. The van der Waals surface area contributed by atoms with Gasteiger partial charge in [0.05, 0.1) is 22.7 Å². The maximum Gasteiger partial charge on any atom is 0.335 e. The Morgan fingerprint density at radius 1 is 1.10 bits per heavy atom. The maximum atomic E-state index is 15.7. The molecule has 2 unspecified atom stereocenters. The summed E-state index contributed by atoms with van der Waals surface area (Å²) in [6, 6.07) is 14.1. The molecule has 1 aliphatic rings. The second kappa shape index (κ2) is 11.2. The summed E-state index contributed by atoms with van der Waals surface area (Å²) in [6.45, 7) is 5.82. The molecule has 0 saturated carbocycles. The first kappa shape index (κ1) is 29.5. The molecule has 1 amide bonds. The van der Waals surface area contributed by atoms with Crippen molar-refractivity contribution in [3.8, 4) is 6.07 Å². The van der Waals surface area contributed by atoms with Gasteiger partial charge in [-0.05, 0) is 53.8 Å². The van der Waals surface area contributed by atoms with Crippen LogP contribution in [0.4, 0.5) is 14.5 Å². The van der Waals surface area contributed by atoms with Crippen LogP contribution in [0.15, 0.2) is 60.7 Å². The number of amides is 1. The van der Waals surface area contributed by atoms with E-state index in [-0.39, 0.29) is 37.8 Å². The first-order chi connectivity index (χ1) is 18.8. The lowest BCUT2D eigenvalue weighted by molar-refractivity contribution is -0.118. The Labute approximate surface area is 240 Å². The van der Waals surface area contributed by atoms with E-state index in [1.54, 1.807) is 0 Å². The van der Waals surface area contributed by atoms with Gasteiger partial charge in [0.15, 0.2) is 0 Å². The molecule has 4 atom stereocenters. The molecule has 0 aliphatic carbocycles. The summed E-state index contributed by atoms with van der Waals surface area (Å²) < 4.78 is 31.4. The van der Waals surface area contributed by atoms with Crippen LogP contribution in [0.2, 0.25) is 10.0 Å². The lowest BCUT2D eigenvalue weighted by atomic mass is 9.62. The van der Waals surface area contributed by atoms with Gasteiger partial charge in [-0.1, -0.05) is 68.2 Å². The first-order valence-electron chi connectivity index (χ1n) is 12.5. The lowest BCUT2D eigenvalue weighted by Gasteiger charge is -2.37. The molecule has 10 heteroatoms. The van der Waals surface area contributed by atoms with Gasteiger partial charge in [0.1, 0.15) is 17.0 Å². The third-order valence-corrected chi connectivity index (χ3v) is 7.64. The number of nitriles is 1. The van der Waals surface area contributed by atoms with Crippen molar-refractivity contribution in [2.45, 2.75) is 50.6 Å². The van der Waals surface area contributed by atoms with Crippen LogP contribution in [-0.2, 0) is 10.2 Å². The molecule has 1 fully saturated rings. The van der Waals surface area contributed by atoms with Gasteiger partial charge in [0.25, 0.3) is 0 Å². The topological polar surface area (TPSA) is 102 Å². The smallest absolute Gasteiger partial charge is 0.335 e. The number of nitrogens with one attached hydrogen (secondary N) is 2. The highest BCUT2D eigenvalue weighted by Gasteiger charge is 2.61. The second-order valence-electron chi connectivity index (χ2n) is 11.1. The monoisotopic (exact) mass is 585 g/mol. The summed E-state index contributed by atoms with van der Waals surface area (Å²) in [7, 11) is 0. The maximum absolute atomic E-state index is 15.7. The molecule has 0 spiro atoms. The third-order valence-electron chi connectivity index (χ3n) is 7.11. The molecule has 0 bridgehead atoms. The standard InChI is InChI=1S/C30H27Cl2F2N3O3/c1-29(2,3)14-23-30(15-35,20-11-10-17(31)13-22(20)33)24(19-8-5-9-21(32)25(19)34)26(37-23)27(38)36-18-7-4-6-16(12-18)28(39)40/h4-13,23-24,26,37H,14H2,1-3H3,(H,36,38)(H,39,40)/t23?,24?,26-,30+/m1/s1. The van der Waals surface area contributed by atoms with Crippen molar-refractivity contribution in [1.82, 2.24) is 5.32 Å². The number of benzene rings is 3. The minimum atomic E-state index is -1.77. The van der Waals surface area contributed by atoms with Crippen LogP contribution in [0, 0.1) is 28.4 Å². The molecule has 1 heterocycles. The van der Waals surface area contributed by atoms with Gasteiger partial charge in [0, 0.05) is 28.2 Å². The number of aromatic carboxylic acids is 1. The predicted octanol–water partition coefficient (Wildman–Crippen LogP) is 6.93. The fourth-order valence-corrected chi connectivity index (χ4v) is 5.85. The number of carbonyl (C=O) groups is 2. The van der Waals surface area contributed by atoms with Gasteiger partial charge >= 0.3 is 5.97 Å². The van der Waals surface area contributed by atoms with Crippen molar-refractivity contribution in [2.24, 2.45) is 5.41 Å². The molecule has 1 saturated heterocycles. The van der Waals surface area contributed by atoms with E-state index in [4.69, 9.17) is 23.2 Å². The Morgan fingerprint density at radius 2 is 1.80 bits per heavy atom. The minimum absolute atomic E-state index is 0.0336. The highest BCUT2D eigenvalue weighted by atomic mass is 35.5. The van der Waals surface area contributed by atoms with Crippen LogP contribution < -0.4 is 10.6 Å². The number of hydrogen-bond donors (Lipinski definition) is 3. The Kier molecular flexibility index (Phi) is 8.23. The molecule has 4 rings (SSSR count). The van der Waals surface area contributed by atoms with Crippen molar-refractivity contribution < 1.29 is 23.5 Å². The van der Waals surface area contributed by atoms with Crippen LogP contribution >= 0.6 is 23.2 Å². The van der Waals surface area contributed by atoms with E-state index in [0.717, 1.165) is 6.07 Å². The van der Waals surface area contributed by atoms with Crippen LogP contribution in [0.3, 0.4) is 0 Å². The highest BCUT2D eigenvalue weighted by Crippen LogP contribution is 2.52. The zero-order valence-corrected chi connectivity index (χ0v) is 23.4. The number of anilines is 1. The van der Waals surface area contributed by atoms with Gasteiger partial charge in [-0.3, -0.25) is 4.79 Å². The van der Waals surface area contributed by atoms with E-state index >= 15 is 8.78 Å². The lowest BCUT2D eigenvalue weighted by Crippen LogP contribution is -2.45. The molecule has 3 aromatic rings. The summed E-state index contributed by atoms with van der Waals surface area (Å²) in [5, 5.41) is 26.0. The van der Waals surface area contributed by atoms with E-state index in [1.165, 1.54) is 54.6 Å². The van der Waals surface area contributed by atoms with E-state index in [0.29, 0.717) is 6.42 Å². The minimum Gasteiger partial charge on any atom is -0.478 e. The van der Waals surface area contributed by atoms with Crippen molar-refractivity contribution in [2.75, 3.05) is 5.32 Å². The molecule has 3 aromatic carbocycles. The number of rotatable bonds is 6. The Hall–Kier alpha value is -3.51. The van der Waals surface area contributed by atoms with Crippen molar-refractivity contribution in [1.29, 1.82) is 5.26 Å². The van der Waals surface area contributed by atoms with Crippen LogP contribution in [0.1, 0.15) is 54.6 Å². The highest BCUT2D eigenvalue weighted by molar-refractivity contribution is 6.31. The summed E-state index contributed by atoms with van der Waals surface area (Å²) in [5.41, 5.74) is -2.08. The number of carboxylic acid groups (broad SMARTS) is 1. The van der Waals surface area contributed by atoms with Gasteiger partial charge in [-0.2, -0.15) is 5.26 Å². The Morgan fingerprint density at radius 3 is 2.42 bits per heavy atom. The molecule has 40 heavy (non-hydrogen) atoms. The van der Waals surface area contributed by atoms with Gasteiger partial charge in [0.2, 0.25) is 5.91 Å². The van der Waals surface area contributed by atoms with Crippen LogP contribution in [0.5, 0.6) is 0 Å². The number of carbonyl (C=O) groups excluding carboxylic acids is 1. The van der Waals surface area contributed by atoms with E-state index in [9.17, 15) is 20.0 Å². The molecular weight excluding hydrogens is 559 g/mol. The quantitative estimate of drug-likeness (QED) is 0.291. The predicted molar refractivity (Wildman–Crippen MR) is 150 cm³/mol. The number of carboxylic acids is 1. The largest absolute Gasteiger partial charge is 0.478 e. The molecule has 0 aromatic heterocycles. The van der Waals surface area contributed by atoms with Crippen molar-refractivity contribution in [3.05, 3.63) is 99.0 Å². The summed E-state index contributed by atoms with van der Waals surface area (Å²) in [6.07, 6.45) is 0.319. The van der Waals surface area contributed by atoms with Crippen LogP contribution in [0.25, 0.3) is 0 Å². The SMILES string of the molecule is CC(C)(C)CC1N[C@@H](C(=O)Nc2cccc(C(=O)O)c2)C(c2cccc(Cl)c2F)[C@@]1(C#N)c1ccc(Cl)cc1F. The van der Waals surface area contributed by atoms with Gasteiger partial charge < -0.3 is 15.7 Å². The third kappa shape index (κ3) is 5.55. The molecule has 208 valence electrons. The average Bonchev–Trinajstić information content (AvgIpc) is 3.18.